The standard InChI is InChI=1S/C36H42F2N4O6S/c1-24-22-39-23-28(42(24)49(45,46)29-11-4-3-5-12-29)15-16-30-31(38)13-8-14-32(30)40-35(43)34(41-36(44)47-2)33(25-17-19-48-20-18-25)26-9-6-7-10-27(37)21-26/h3-5,8,10-14,21,24-25,28,33-34,39H,9,15-20,22-23H2,1-2H3,(H,40,43)(H,41,44)/t24-,28-,33?,34-/m0/s1. The summed E-state index contributed by atoms with van der Waals surface area (Å²) < 4.78 is 69.6. The number of amides is 2. The maximum absolute atomic E-state index is 15.5. The molecule has 2 heterocycles. The number of carbonyl (C=O) groups excluding carboxylic acids is 2. The largest absolute Gasteiger partial charge is 0.453 e. The Labute approximate surface area is 286 Å². The molecule has 2 saturated heterocycles. The van der Waals surface area contributed by atoms with Gasteiger partial charge in [-0.1, -0.05) is 36.1 Å². The number of nitrogens with zero attached hydrogens (tertiary/aromatic N) is 1. The lowest BCUT2D eigenvalue weighted by Crippen LogP contribution is -2.58. The molecule has 0 bridgehead atoms. The van der Waals surface area contributed by atoms with Gasteiger partial charge in [0.15, 0.2) is 0 Å². The van der Waals surface area contributed by atoms with Gasteiger partial charge < -0.3 is 25.4 Å². The fourth-order valence-electron chi connectivity index (χ4n) is 6.95. The second kappa shape index (κ2) is 16.5. The highest BCUT2D eigenvalue weighted by atomic mass is 32.2. The minimum absolute atomic E-state index is 0.109. The van der Waals surface area contributed by atoms with E-state index in [0.29, 0.717) is 44.7 Å². The van der Waals surface area contributed by atoms with Crippen LogP contribution in [-0.2, 0) is 30.7 Å². The zero-order chi connectivity index (χ0) is 35.0. The van der Waals surface area contributed by atoms with Crippen molar-refractivity contribution < 1.29 is 36.3 Å². The summed E-state index contributed by atoms with van der Waals surface area (Å²) in [4.78, 5) is 27.0. The number of allylic oxidation sites excluding steroid dienone is 3. The van der Waals surface area contributed by atoms with E-state index in [4.69, 9.17) is 9.47 Å². The summed E-state index contributed by atoms with van der Waals surface area (Å²) in [6.07, 6.45) is 3.32. The topological polar surface area (TPSA) is 126 Å². The number of ether oxygens (including phenoxy) is 2. The van der Waals surface area contributed by atoms with Crippen LogP contribution in [0.4, 0.5) is 19.3 Å². The third-order valence-electron chi connectivity index (χ3n) is 9.27. The number of methoxy groups -OCH3 is 1. The number of benzene rings is 2. The highest BCUT2D eigenvalue weighted by molar-refractivity contribution is 7.89. The molecule has 49 heavy (non-hydrogen) atoms. The number of hydrogen-bond acceptors (Lipinski definition) is 7. The minimum Gasteiger partial charge on any atom is -0.453 e. The quantitative estimate of drug-likeness (QED) is 0.291. The van der Waals surface area contributed by atoms with Gasteiger partial charge in [0.25, 0.3) is 0 Å². The van der Waals surface area contributed by atoms with E-state index in [1.807, 2.05) is 6.92 Å². The molecule has 0 saturated carbocycles. The van der Waals surface area contributed by atoms with E-state index in [-0.39, 0.29) is 47.4 Å². The second-order valence-electron chi connectivity index (χ2n) is 12.4. The number of anilines is 1. The maximum Gasteiger partial charge on any atom is 0.407 e. The molecule has 2 amide bonds. The van der Waals surface area contributed by atoms with Gasteiger partial charge in [-0.15, -0.1) is 0 Å². The lowest BCUT2D eigenvalue weighted by Gasteiger charge is -2.40. The van der Waals surface area contributed by atoms with E-state index in [1.165, 1.54) is 29.6 Å². The SMILES string of the molecule is COC(=O)N[C@H](C(=O)Nc1cccc(F)c1CC[C@H]1CNC[C@H](C)N1S(=O)(=O)c1ccccc1)C(C1=CC(F)=CC#CC1)C1CCOCC1. The van der Waals surface area contributed by atoms with Crippen molar-refractivity contribution in [1.82, 2.24) is 14.9 Å². The van der Waals surface area contributed by atoms with Crippen LogP contribution in [0.15, 0.2) is 77.0 Å². The van der Waals surface area contributed by atoms with Gasteiger partial charge in [-0.3, -0.25) is 4.79 Å². The van der Waals surface area contributed by atoms with Crippen LogP contribution in [0.25, 0.3) is 0 Å². The summed E-state index contributed by atoms with van der Waals surface area (Å²) in [7, 11) is -2.66. The molecule has 3 aliphatic rings. The van der Waals surface area contributed by atoms with Gasteiger partial charge >= 0.3 is 6.09 Å². The van der Waals surface area contributed by atoms with Gasteiger partial charge in [-0.05, 0) is 74.4 Å². The van der Waals surface area contributed by atoms with Crippen molar-refractivity contribution in [1.29, 1.82) is 0 Å². The van der Waals surface area contributed by atoms with Crippen molar-refractivity contribution in [2.45, 2.75) is 62.0 Å². The van der Waals surface area contributed by atoms with Gasteiger partial charge in [0.05, 0.1) is 12.0 Å². The summed E-state index contributed by atoms with van der Waals surface area (Å²) in [6.45, 7) is 3.53. The van der Waals surface area contributed by atoms with Crippen molar-refractivity contribution in [3.8, 4) is 11.8 Å². The molecule has 4 atom stereocenters. The molecule has 0 radical (unpaired) electrons. The van der Waals surface area contributed by atoms with Crippen molar-refractivity contribution in [3.63, 3.8) is 0 Å². The normalized spacial score (nSPS) is 21.6. The highest BCUT2D eigenvalue weighted by Crippen LogP contribution is 2.36. The van der Waals surface area contributed by atoms with E-state index in [9.17, 15) is 22.4 Å². The van der Waals surface area contributed by atoms with Crippen LogP contribution in [0.1, 0.15) is 38.2 Å². The molecule has 262 valence electrons. The molecule has 2 aromatic carbocycles. The van der Waals surface area contributed by atoms with E-state index < -0.39 is 51.7 Å². The molecular formula is C36H42F2N4O6S. The molecular weight excluding hydrogens is 654 g/mol. The summed E-state index contributed by atoms with van der Waals surface area (Å²) in [5.41, 5.74) is 0.918. The fourth-order valence-corrected chi connectivity index (χ4v) is 8.82. The first-order chi connectivity index (χ1) is 23.6. The summed E-state index contributed by atoms with van der Waals surface area (Å²) >= 11 is 0. The van der Waals surface area contributed by atoms with Gasteiger partial charge in [0.2, 0.25) is 15.9 Å². The van der Waals surface area contributed by atoms with Crippen LogP contribution in [0.3, 0.4) is 0 Å². The van der Waals surface area contributed by atoms with Crippen molar-refractivity contribution in [2.75, 3.05) is 38.7 Å². The molecule has 10 nitrogen and oxygen atoms in total. The minimum atomic E-state index is -3.84. The number of piperazine rings is 1. The Hall–Kier alpha value is -4.09. The van der Waals surface area contributed by atoms with Crippen molar-refractivity contribution in [3.05, 3.63) is 83.5 Å². The Morgan fingerprint density at radius 1 is 1.10 bits per heavy atom. The van der Waals surface area contributed by atoms with Crippen LogP contribution in [0, 0.1) is 29.5 Å². The maximum atomic E-state index is 15.5. The first kappa shape index (κ1) is 36.2. The Morgan fingerprint density at radius 2 is 1.86 bits per heavy atom. The van der Waals surface area contributed by atoms with Crippen LogP contribution in [0.2, 0.25) is 0 Å². The fraction of sp³-hybridized carbons (Fsp3) is 0.444. The molecule has 5 rings (SSSR count). The number of halogens is 2. The summed E-state index contributed by atoms with van der Waals surface area (Å²) in [5, 5.41) is 8.77. The van der Waals surface area contributed by atoms with Crippen LogP contribution in [-0.4, -0.2) is 76.3 Å². The summed E-state index contributed by atoms with van der Waals surface area (Å²) in [5.74, 6) is 2.97. The summed E-state index contributed by atoms with van der Waals surface area (Å²) in [6, 6.07) is 10.5. The monoisotopic (exact) mass is 696 g/mol. The molecule has 0 aromatic heterocycles. The smallest absolute Gasteiger partial charge is 0.407 e. The number of rotatable bonds is 11. The predicted octanol–water partition coefficient (Wildman–Crippen LogP) is 4.70. The average molecular weight is 697 g/mol. The average Bonchev–Trinajstić information content (AvgIpc) is 3.32. The Kier molecular flexibility index (Phi) is 12.2. The second-order valence-corrected chi connectivity index (χ2v) is 14.3. The first-order valence-electron chi connectivity index (χ1n) is 16.4. The van der Waals surface area contributed by atoms with Gasteiger partial charge in [-0.25, -0.2) is 22.0 Å². The van der Waals surface area contributed by atoms with Crippen LogP contribution in [0.5, 0.6) is 0 Å². The highest BCUT2D eigenvalue weighted by Gasteiger charge is 2.40. The van der Waals surface area contributed by atoms with Crippen molar-refractivity contribution >= 4 is 27.7 Å². The Morgan fingerprint density at radius 3 is 2.59 bits per heavy atom. The number of hydrogen-bond donors (Lipinski definition) is 3. The predicted molar refractivity (Wildman–Crippen MR) is 181 cm³/mol. The third-order valence-corrected chi connectivity index (χ3v) is 11.3. The van der Waals surface area contributed by atoms with Gasteiger partial charge in [0.1, 0.15) is 17.7 Å². The molecule has 1 unspecified atom stereocenters. The van der Waals surface area contributed by atoms with Crippen LogP contribution < -0.4 is 16.0 Å². The number of sulfonamides is 1. The van der Waals surface area contributed by atoms with Crippen LogP contribution >= 0.6 is 0 Å². The first-order valence-corrected chi connectivity index (χ1v) is 17.9. The zero-order valence-corrected chi connectivity index (χ0v) is 28.4. The number of alkyl carbamates (subject to hydrolysis) is 1. The lowest BCUT2D eigenvalue weighted by atomic mass is 9.75. The third kappa shape index (κ3) is 8.75. The van der Waals surface area contributed by atoms with E-state index in [2.05, 4.69) is 27.8 Å². The lowest BCUT2D eigenvalue weighted by molar-refractivity contribution is -0.119. The van der Waals surface area contributed by atoms with Gasteiger partial charge in [0, 0.05) is 68.1 Å². The molecule has 2 fully saturated rings. The van der Waals surface area contributed by atoms with Gasteiger partial charge in [-0.2, -0.15) is 4.31 Å². The zero-order valence-electron chi connectivity index (χ0n) is 27.6. The van der Waals surface area contributed by atoms with E-state index in [0.717, 1.165) is 6.08 Å². The molecule has 2 aromatic rings. The van der Waals surface area contributed by atoms with E-state index >= 15 is 4.39 Å². The molecule has 2 aliphatic heterocycles. The van der Waals surface area contributed by atoms with E-state index in [1.54, 1.807) is 36.4 Å². The Bertz CT molecular complexity index is 1730. The molecule has 13 heteroatoms. The number of nitrogens with one attached hydrogen (secondary N) is 3. The Balaban J connectivity index is 1.43. The molecule has 1 aliphatic carbocycles. The van der Waals surface area contributed by atoms with Crippen molar-refractivity contribution in [2.24, 2.45) is 11.8 Å². The molecule has 0 spiro atoms. The number of carbonyl (C=O) groups is 2. The molecule has 3 N–H and O–H groups in total.